The Hall–Kier alpha value is -2.16. The molecule has 0 radical (unpaired) electrons. The molecular weight excluding hydrogens is 490 g/mol. The van der Waals surface area contributed by atoms with Gasteiger partial charge in [-0.15, -0.1) is 0 Å². The van der Waals surface area contributed by atoms with Crippen LogP contribution in [0.2, 0.25) is 30.7 Å². The van der Waals surface area contributed by atoms with E-state index < -0.39 is 8.07 Å². The van der Waals surface area contributed by atoms with Crippen molar-refractivity contribution < 1.29 is 14.2 Å². The van der Waals surface area contributed by atoms with Crippen LogP contribution in [0.15, 0.2) is 42.5 Å². The van der Waals surface area contributed by atoms with E-state index in [1.807, 2.05) is 41.1 Å². The zero-order chi connectivity index (χ0) is 25.7. The maximum Gasteiger partial charge on any atom is 0.139 e. The summed E-state index contributed by atoms with van der Waals surface area (Å²) in [6, 6.07) is 14.9. The van der Waals surface area contributed by atoms with Gasteiger partial charge in [-0.2, -0.15) is 5.10 Å². The Labute approximate surface area is 221 Å². The van der Waals surface area contributed by atoms with Gasteiger partial charge in [0.25, 0.3) is 0 Å². The summed E-state index contributed by atoms with van der Waals surface area (Å²) >= 11 is 6.42. The van der Waals surface area contributed by atoms with Crippen molar-refractivity contribution in [3.8, 4) is 33.9 Å². The van der Waals surface area contributed by atoms with Crippen LogP contribution in [-0.2, 0) is 22.8 Å². The summed E-state index contributed by atoms with van der Waals surface area (Å²) in [5.41, 5.74) is 4.72. The zero-order valence-corrected chi connectivity index (χ0v) is 23.9. The molecule has 8 heteroatoms. The van der Waals surface area contributed by atoms with Crippen molar-refractivity contribution in [2.45, 2.75) is 52.9 Å². The molecule has 4 rings (SSSR count). The van der Waals surface area contributed by atoms with E-state index in [0.717, 1.165) is 71.9 Å². The van der Waals surface area contributed by atoms with Gasteiger partial charge < -0.3 is 19.1 Å². The van der Waals surface area contributed by atoms with Gasteiger partial charge in [0.15, 0.2) is 0 Å². The molecule has 0 atom stereocenters. The van der Waals surface area contributed by atoms with E-state index in [1.165, 1.54) is 0 Å². The molecule has 1 aliphatic rings. The standard InChI is InChI=1S/C28H38ClN3O3Si/c1-6-31(7-2)14-15-33-19-24-27-22-10-8-9-11-25(22)35-26-13-12-21(29)18-23(26)28(27)30-32(24)20-34-16-17-36(3,4)5/h8-13,18H,6-7,14-17,19-20H2,1-5H3. The monoisotopic (exact) mass is 527 g/mol. The summed E-state index contributed by atoms with van der Waals surface area (Å²) in [6.07, 6.45) is 0. The van der Waals surface area contributed by atoms with Gasteiger partial charge in [0.05, 0.1) is 18.9 Å². The van der Waals surface area contributed by atoms with Crippen LogP contribution in [0.5, 0.6) is 11.5 Å². The van der Waals surface area contributed by atoms with E-state index in [1.54, 1.807) is 0 Å². The Balaban J connectivity index is 1.71. The summed E-state index contributed by atoms with van der Waals surface area (Å²) in [4.78, 5) is 2.36. The van der Waals surface area contributed by atoms with Crippen LogP contribution in [-0.4, -0.2) is 55.6 Å². The Morgan fingerprint density at radius 3 is 2.47 bits per heavy atom. The average Bonchev–Trinajstić information content (AvgIpc) is 3.14. The third-order valence-corrected chi connectivity index (χ3v) is 8.46. The van der Waals surface area contributed by atoms with Gasteiger partial charge in [0.1, 0.15) is 23.9 Å². The van der Waals surface area contributed by atoms with E-state index in [9.17, 15) is 0 Å². The first kappa shape index (κ1) is 26.9. The summed E-state index contributed by atoms with van der Waals surface area (Å²) < 4.78 is 20.7. The van der Waals surface area contributed by atoms with Crippen molar-refractivity contribution in [3.63, 3.8) is 0 Å². The quantitative estimate of drug-likeness (QED) is 0.145. The highest BCUT2D eigenvalue weighted by atomic mass is 35.5. The highest BCUT2D eigenvalue weighted by molar-refractivity contribution is 6.76. The number of fused-ring (bicyclic) bond motifs is 5. The number of aromatic nitrogens is 2. The maximum atomic E-state index is 6.42. The molecule has 0 spiro atoms. The van der Waals surface area contributed by atoms with E-state index in [2.05, 4.69) is 44.5 Å². The fourth-order valence-corrected chi connectivity index (χ4v) is 5.24. The minimum absolute atomic E-state index is 0.380. The molecule has 36 heavy (non-hydrogen) atoms. The van der Waals surface area contributed by atoms with E-state index in [-0.39, 0.29) is 0 Å². The molecule has 0 unspecified atom stereocenters. The largest absolute Gasteiger partial charge is 0.456 e. The van der Waals surface area contributed by atoms with Crippen molar-refractivity contribution in [1.29, 1.82) is 0 Å². The van der Waals surface area contributed by atoms with Crippen LogP contribution < -0.4 is 4.74 Å². The van der Waals surface area contributed by atoms with Crippen LogP contribution in [0, 0.1) is 0 Å². The topological polar surface area (TPSA) is 48.8 Å². The fraction of sp³-hybridized carbons (Fsp3) is 0.464. The van der Waals surface area contributed by atoms with Crippen molar-refractivity contribution in [2.75, 3.05) is 32.8 Å². The van der Waals surface area contributed by atoms with Gasteiger partial charge in [-0.3, -0.25) is 0 Å². The fourth-order valence-electron chi connectivity index (χ4n) is 4.31. The van der Waals surface area contributed by atoms with Gasteiger partial charge in [0, 0.05) is 42.9 Å². The van der Waals surface area contributed by atoms with Crippen molar-refractivity contribution in [2.24, 2.45) is 0 Å². The predicted molar refractivity (Wildman–Crippen MR) is 150 cm³/mol. The third kappa shape index (κ3) is 6.39. The van der Waals surface area contributed by atoms with Crippen LogP contribution in [0.25, 0.3) is 22.4 Å². The molecule has 0 aliphatic carbocycles. The number of halogens is 1. The molecule has 194 valence electrons. The highest BCUT2D eigenvalue weighted by Crippen LogP contribution is 2.48. The molecule has 2 aromatic carbocycles. The first-order valence-corrected chi connectivity index (χ1v) is 16.9. The number of ether oxygens (including phenoxy) is 3. The number of benzene rings is 2. The number of hydrogen-bond acceptors (Lipinski definition) is 5. The Kier molecular flexibility index (Phi) is 8.90. The minimum atomic E-state index is -1.19. The Bertz CT molecular complexity index is 1170. The molecule has 3 aromatic rings. The normalized spacial score (nSPS) is 12.6. The van der Waals surface area contributed by atoms with Crippen LogP contribution >= 0.6 is 11.6 Å². The molecule has 0 amide bonds. The predicted octanol–water partition coefficient (Wildman–Crippen LogP) is 7.15. The summed E-state index contributed by atoms with van der Waals surface area (Å²) in [5, 5.41) is 5.69. The second-order valence-electron chi connectivity index (χ2n) is 10.3. The van der Waals surface area contributed by atoms with Crippen molar-refractivity contribution in [1.82, 2.24) is 14.7 Å². The lowest BCUT2D eigenvalue weighted by Gasteiger charge is -2.18. The summed E-state index contributed by atoms with van der Waals surface area (Å²) in [7, 11) is -1.19. The van der Waals surface area contributed by atoms with Gasteiger partial charge in [0.2, 0.25) is 0 Å². The van der Waals surface area contributed by atoms with Crippen molar-refractivity contribution >= 4 is 19.7 Å². The third-order valence-electron chi connectivity index (χ3n) is 6.53. The molecule has 0 bridgehead atoms. The van der Waals surface area contributed by atoms with Crippen LogP contribution in [0.4, 0.5) is 0 Å². The summed E-state index contributed by atoms with van der Waals surface area (Å²) in [5.74, 6) is 1.53. The van der Waals surface area contributed by atoms with Crippen molar-refractivity contribution in [3.05, 3.63) is 53.2 Å². The first-order valence-electron chi connectivity index (χ1n) is 12.9. The van der Waals surface area contributed by atoms with Crippen LogP contribution in [0.1, 0.15) is 19.5 Å². The molecule has 0 saturated carbocycles. The van der Waals surface area contributed by atoms with E-state index in [0.29, 0.717) is 25.0 Å². The molecule has 2 heterocycles. The second kappa shape index (κ2) is 11.9. The maximum absolute atomic E-state index is 6.42. The number of nitrogens with zero attached hydrogens (tertiary/aromatic N) is 3. The molecule has 1 aliphatic heterocycles. The number of para-hydroxylation sites is 1. The van der Waals surface area contributed by atoms with Crippen LogP contribution in [0.3, 0.4) is 0 Å². The number of hydrogen-bond donors (Lipinski definition) is 0. The van der Waals surface area contributed by atoms with Gasteiger partial charge in [-0.05, 0) is 43.4 Å². The first-order chi connectivity index (χ1) is 17.3. The molecule has 0 saturated heterocycles. The molecule has 6 nitrogen and oxygen atoms in total. The second-order valence-corrected chi connectivity index (χ2v) is 16.4. The zero-order valence-electron chi connectivity index (χ0n) is 22.1. The Morgan fingerprint density at radius 1 is 0.972 bits per heavy atom. The van der Waals surface area contributed by atoms with E-state index in [4.69, 9.17) is 30.9 Å². The average molecular weight is 528 g/mol. The SMILES string of the molecule is CCN(CC)CCOCc1c2c(nn1COCC[Si](C)(C)C)-c1cc(Cl)ccc1Oc1ccccc1-2. The lowest BCUT2D eigenvalue weighted by molar-refractivity contribution is 0.0603. The number of likely N-dealkylation sites (N-methyl/N-ethyl adjacent to an activating group) is 1. The molecule has 0 N–H and O–H groups in total. The minimum Gasteiger partial charge on any atom is -0.456 e. The van der Waals surface area contributed by atoms with Gasteiger partial charge in [-0.1, -0.05) is 63.3 Å². The summed E-state index contributed by atoms with van der Waals surface area (Å²) in [6.45, 7) is 16.6. The highest BCUT2D eigenvalue weighted by Gasteiger charge is 2.28. The van der Waals surface area contributed by atoms with E-state index >= 15 is 0 Å². The molecule has 0 fully saturated rings. The lowest BCUT2D eigenvalue weighted by atomic mass is 9.99. The smallest absolute Gasteiger partial charge is 0.139 e. The van der Waals surface area contributed by atoms with Gasteiger partial charge >= 0.3 is 0 Å². The Morgan fingerprint density at radius 2 is 1.72 bits per heavy atom. The number of rotatable bonds is 12. The van der Waals surface area contributed by atoms with Gasteiger partial charge in [-0.25, -0.2) is 4.68 Å². The molecular formula is C28H38ClN3O3Si. The molecule has 1 aromatic heterocycles. The lowest BCUT2D eigenvalue weighted by Crippen LogP contribution is -2.27.